The van der Waals surface area contributed by atoms with Crippen molar-refractivity contribution in [2.75, 3.05) is 19.0 Å². The molecule has 110 valence electrons. The molecular weight excluding hydrogens is 273 g/mol. The van der Waals surface area contributed by atoms with Crippen LogP contribution in [0.2, 0.25) is 0 Å². The van der Waals surface area contributed by atoms with Crippen molar-refractivity contribution in [1.82, 2.24) is 10.3 Å². The van der Waals surface area contributed by atoms with E-state index >= 15 is 0 Å². The molecule has 2 N–H and O–H groups in total. The van der Waals surface area contributed by atoms with Crippen molar-refractivity contribution in [2.24, 2.45) is 0 Å². The molecule has 0 spiro atoms. The molecule has 5 nitrogen and oxygen atoms in total. The minimum absolute atomic E-state index is 0.106. The van der Waals surface area contributed by atoms with Crippen LogP contribution in [0.1, 0.15) is 5.56 Å². The monoisotopic (exact) mass is 289 g/mol. The Balaban J connectivity index is 1.82. The first-order valence-electron chi connectivity index (χ1n) is 6.43. The van der Waals surface area contributed by atoms with Crippen molar-refractivity contribution in [3.05, 3.63) is 54.0 Å². The van der Waals surface area contributed by atoms with Gasteiger partial charge in [0, 0.05) is 24.0 Å². The summed E-state index contributed by atoms with van der Waals surface area (Å²) in [5.41, 5.74) is 1.29. The van der Waals surface area contributed by atoms with E-state index in [2.05, 4.69) is 15.6 Å². The molecule has 0 aliphatic rings. The predicted molar refractivity (Wildman–Crippen MR) is 77.5 cm³/mol. The molecule has 0 unspecified atom stereocenters. The third-order valence-electron chi connectivity index (χ3n) is 2.75. The summed E-state index contributed by atoms with van der Waals surface area (Å²) in [6.45, 7) is 0.558. The van der Waals surface area contributed by atoms with Gasteiger partial charge in [-0.1, -0.05) is 12.1 Å². The van der Waals surface area contributed by atoms with Crippen LogP contribution in [-0.4, -0.2) is 24.5 Å². The normalized spacial score (nSPS) is 10.2. The number of carbonyl (C=O) groups excluding carboxylic acids is 1. The van der Waals surface area contributed by atoms with E-state index in [1.165, 1.54) is 12.1 Å². The lowest BCUT2D eigenvalue weighted by Gasteiger charge is -2.09. The number of anilines is 1. The van der Waals surface area contributed by atoms with Crippen molar-refractivity contribution >= 4 is 11.6 Å². The van der Waals surface area contributed by atoms with Gasteiger partial charge < -0.3 is 15.4 Å². The van der Waals surface area contributed by atoms with Gasteiger partial charge in [-0.2, -0.15) is 0 Å². The maximum absolute atomic E-state index is 13.0. The zero-order chi connectivity index (χ0) is 15.1. The number of hydrogen-bond acceptors (Lipinski definition) is 4. The Bertz CT molecular complexity index is 619. The number of nitrogens with one attached hydrogen (secondary N) is 2. The van der Waals surface area contributed by atoms with Gasteiger partial charge in [0.25, 0.3) is 0 Å². The van der Waals surface area contributed by atoms with Crippen LogP contribution in [0.4, 0.5) is 10.1 Å². The molecule has 0 saturated heterocycles. The zero-order valence-corrected chi connectivity index (χ0v) is 11.6. The summed E-state index contributed by atoms with van der Waals surface area (Å²) in [5, 5.41) is 5.59. The van der Waals surface area contributed by atoms with Crippen LogP contribution in [0, 0.1) is 5.82 Å². The summed E-state index contributed by atoms with van der Waals surface area (Å²) in [6.07, 6.45) is 1.64. The van der Waals surface area contributed by atoms with E-state index in [4.69, 9.17) is 4.74 Å². The molecule has 0 atom stereocenters. The van der Waals surface area contributed by atoms with Crippen molar-refractivity contribution in [3.8, 4) is 5.88 Å². The third-order valence-corrected chi connectivity index (χ3v) is 2.75. The Hall–Kier alpha value is -2.47. The van der Waals surface area contributed by atoms with E-state index in [1.54, 1.807) is 31.5 Å². The molecule has 2 aromatic rings. The lowest BCUT2D eigenvalue weighted by molar-refractivity contribution is -0.115. The fourth-order valence-corrected chi connectivity index (χ4v) is 1.82. The molecular formula is C15H16FN3O2. The first-order chi connectivity index (χ1) is 10.2. The van der Waals surface area contributed by atoms with Gasteiger partial charge >= 0.3 is 0 Å². The number of halogens is 1. The van der Waals surface area contributed by atoms with E-state index in [-0.39, 0.29) is 18.3 Å². The van der Waals surface area contributed by atoms with Crippen molar-refractivity contribution < 1.29 is 13.9 Å². The van der Waals surface area contributed by atoms with E-state index < -0.39 is 0 Å². The summed E-state index contributed by atoms with van der Waals surface area (Å²) in [4.78, 5) is 15.8. The van der Waals surface area contributed by atoms with Gasteiger partial charge in [-0.3, -0.25) is 4.79 Å². The molecule has 0 aliphatic heterocycles. The van der Waals surface area contributed by atoms with E-state index in [9.17, 15) is 9.18 Å². The van der Waals surface area contributed by atoms with Crippen LogP contribution in [0.5, 0.6) is 5.88 Å². The first kappa shape index (κ1) is 14.9. The number of amides is 1. The minimum atomic E-state index is -0.388. The van der Waals surface area contributed by atoms with Gasteiger partial charge in [0.05, 0.1) is 13.7 Å². The molecule has 21 heavy (non-hydrogen) atoms. The molecule has 1 aromatic heterocycles. The average Bonchev–Trinajstić information content (AvgIpc) is 2.47. The van der Waals surface area contributed by atoms with Crippen LogP contribution < -0.4 is 15.4 Å². The van der Waals surface area contributed by atoms with E-state index in [0.29, 0.717) is 18.1 Å². The maximum Gasteiger partial charge on any atom is 0.238 e. The predicted octanol–water partition coefficient (Wildman–Crippen LogP) is 1.96. The van der Waals surface area contributed by atoms with Crippen LogP contribution in [0.15, 0.2) is 42.6 Å². The van der Waals surface area contributed by atoms with Crippen molar-refractivity contribution in [3.63, 3.8) is 0 Å². The molecule has 1 heterocycles. The van der Waals surface area contributed by atoms with Crippen LogP contribution in [-0.2, 0) is 11.3 Å². The molecule has 1 aromatic carbocycles. The first-order valence-corrected chi connectivity index (χ1v) is 6.43. The lowest BCUT2D eigenvalue weighted by atomic mass is 10.2. The summed E-state index contributed by atoms with van der Waals surface area (Å²) in [5.74, 6) is -0.111. The maximum atomic E-state index is 13.0. The Morgan fingerprint density at radius 2 is 2.19 bits per heavy atom. The second-order valence-electron chi connectivity index (χ2n) is 4.33. The minimum Gasteiger partial charge on any atom is -0.481 e. The summed E-state index contributed by atoms with van der Waals surface area (Å²) >= 11 is 0. The Morgan fingerprint density at radius 3 is 2.95 bits per heavy atom. The Morgan fingerprint density at radius 1 is 1.33 bits per heavy atom. The summed E-state index contributed by atoms with van der Waals surface area (Å²) in [7, 11) is 1.54. The van der Waals surface area contributed by atoms with Gasteiger partial charge in [-0.15, -0.1) is 0 Å². The number of aromatic nitrogens is 1. The fraction of sp³-hybridized carbons (Fsp3) is 0.200. The molecule has 0 saturated carbocycles. The quantitative estimate of drug-likeness (QED) is 0.853. The van der Waals surface area contributed by atoms with Gasteiger partial charge in [0.2, 0.25) is 11.8 Å². The number of ether oxygens (including phenoxy) is 1. The van der Waals surface area contributed by atoms with Crippen molar-refractivity contribution in [1.29, 1.82) is 0 Å². The summed E-state index contributed by atoms with van der Waals surface area (Å²) < 4.78 is 18.1. The number of hydrogen-bond donors (Lipinski definition) is 2. The molecule has 0 aliphatic carbocycles. The third kappa shape index (κ3) is 4.54. The second kappa shape index (κ2) is 7.35. The van der Waals surface area contributed by atoms with Gasteiger partial charge in [0.1, 0.15) is 5.82 Å². The van der Waals surface area contributed by atoms with Crippen LogP contribution in [0.3, 0.4) is 0 Å². The molecule has 0 radical (unpaired) electrons. The number of methoxy groups -OCH3 is 1. The average molecular weight is 289 g/mol. The fourth-order valence-electron chi connectivity index (χ4n) is 1.82. The number of carbonyl (C=O) groups is 1. The largest absolute Gasteiger partial charge is 0.481 e. The lowest BCUT2D eigenvalue weighted by Crippen LogP contribution is -2.27. The van der Waals surface area contributed by atoms with E-state index in [0.717, 1.165) is 5.56 Å². The number of rotatable bonds is 6. The van der Waals surface area contributed by atoms with Crippen LogP contribution >= 0.6 is 0 Å². The highest BCUT2D eigenvalue weighted by Gasteiger charge is 2.05. The Labute approximate surface area is 122 Å². The Kier molecular flexibility index (Phi) is 5.22. The van der Waals surface area contributed by atoms with Crippen LogP contribution in [0.25, 0.3) is 0 Å². The highest BCUT2D eigenvalue weighted by Crippen LogP contribution is 2.12. The zero-order valence-electron chi connectivity index (χ0n) is 11.6. The standard InChI is InChI=1S/C15H16FN3O2/c1-21-15-11(4-3-7-18-15)9-17-10-14(20)19-13-6-2-5-12(16)8-13/h2-8,17H,9-10H2,1H3,(H,19,20). The smallest absolute Gasteiger partial charge is 0.238 e. The highest BCUT2D eigenvalue weighted by atomic mass is 19.1. The molecule has 1 amide bonds. The molecule has 0 fully saturated rings. The SMILES string of the molecule is COc1ncccc1CNCC(=O)Nc1cccc(F)c1. The van der Waals surface area contributed by atoms with E-state index in [1.807, 2.05) is 6.07 Å². The summed E-state index contributed by atoms with van der Waals surface area (Å²) in [6, 6.07) is 9.42. The topological polar surface area (TPSA) is 63.2 Å². The van der Waals surface area contributed by atoms with Gasteiger partial charge in [-0.05, 0) is 24.3 Å². The molecule has 2 rings (SSSR count). The second-order valence-corrected chi connectivity index (χ2v) is 4.33. The molecule has 6 heteroatoms. The highest BCUT2D eigenvalue weighted by molar-refractivity contribution is 5.92. The number of benzene rings is 1. The molecule has 0 bridgehead atoms. The number of pyridine rings is 1. The number of nitrogens with zero attached hydrogens (tertiary/aromatic N) is 1. The van der Waals surface area contributed by atoms with Gasteiger partial charge in [0.15, 0.2) is 0 Å². The van der Waals surface area contributed by atoms with Gasteiger partial charge in [-0.25, -0.2) is 9.37 Å². The van der Waals surface area contributed by atoms with Crippen molar-refractivity contribution in [2.45, 2.75) is 6.54 Å².